The fourth-order valence-electron chi connectivity index (χ4n) is 1.45. The zero-order chi connectivity index (χ0) is 12.8. The van der Waals surface area contributed by atoms with Gasteiger partial charge in [0.05, 0.1) is 25.8 Å². The van der Waals surface area contributed by atoms with Gasteiger partial charge in [-0.2, -0.15) is 0 Å². The number of hydrogen-bond donors (Lipinski definition) is 1. The molecule has 0 fully saturated rings. The Labute approximate surface area is 109 Å². The summed E-state index contributed by atoms with van der Waals surface area (Å²) < 4.78 is 16.6. The van der Waals surface area contributed by atoms with Crippen molar-refractivity contribution < 1.29 is 14.2 Å². The molecule has 17 heavy (non-hydrogen) atoms. The molecule has 2 N–H and O–H groups in total. The highest BCUT2D eigenvalue weighted by Crippen LogP contribution is 2.43. The minimum atomic E-state index is 0.462. The predicted octanol–water partition coefficient (Wildman–Crippen LogP) is 2.45. The third-order valence-electron chi connectivity index (χ3n) is 2.25. The second kappa shape index (κ2) is 6.51. The van der Waals surface area contributed by atoms with Gasteiger partial charge in [-0.1, -0.05) is 12.2 Å². The zero-order valence-corrected chi connectivity index (χ0v) is 11.7. The Morgan fingerprint density at radius 1 is 1.18 bits per heavy atom. The third kappa shape index (κ3) is 2.92. The van der Waals surface area contributed by atoms with Gasteiger partial charge in [0.2, 0.25) is 0 Å². The summed E-state index contributed by atoms with van der Waals surface area (Å²) in [5.74, 6) is 1.94. The molecule has 0 spiro atoms. The highest BCUT2D eigenvalue weighted by atomic mass is 79.9. The quantitative estimate of drug-likeness (QED) is 0.907. The van der Waals surface area contributed by atoms with Crippen molar-refractivity contribution in [3.63, 3.8) is 0 Å². The van der Waals surface area contributed by atoms with E-state index in [-0.39, 0.29) is 0 Å². The lowest BCUT2D eigenvalue weighted by atomic mass is 10.1. The molecular formula is C12H16BrNO3. The Morgan fingerprint density at radius 3 is 2.29 bits per heavy atom. The molecule has 0 aliphatic rings. The predicted molar refractivity (Wildman–Crippen MR) is 71.9 cm³/mol. The maximum atomic E-state index is 5.45. The van der Waals surface area contributed by atoms with Crippen molar-refractivity contribution in [3.8, 4) is 17.2 Å². The summed E-state index contributed by atoms with van der Waals surface area (Å²) in [6.45, 7) is 0.462. The summed E-state index contributed by atoms with van der Waals surface area (Å²) in [5.41, 5.74) is 6.32. The van der Waals surface area contributed by atoms with E-state index in [1.54, 1.807) is 27.4 Å². The van der Waals surface area contributed by atoms with Crippen LogP contribution in [0.4, 0.5) is 0 Å². The lowest BCUT2D eigenvalue weighted by Crippen LogP contribution is -1.97. The fourth-order valence-corrected chi connectivity index (χ4v) is 2.14. The summed E-state index contributed by atoms with van der Waals surface area (Å²) in [5, 5.41) is 0. The van der Waals surface area contributed by atoms with Crippen LogP contribution in [0.3, 0.4) is 0 Å². The maximum Gasteiger partial charge on any atom is 0.175 e. The number of benzene rings is 1. The normalized spacial score (nSPS) is 10.6. The molecule has 0 bridgehead atoms. The molecule has 0 radical (unpaired) electrons. The average molecular weight is 302 g/mol. The molecule has 0 unspecified atom stereocenters. The first-order chi connectivity index (χ1) is 8.19. The van der Waals surface area contributed by atoms with E-state index < -0.39 is 0 Å². The molecule has 0 aromatic heterocycles. The number of hydrogen-bond acceptors (Lipinski definition) is 4. The molecule has 1 aromatic carbocycles. The first-order valence-electron chi connectivity index (χ1n) is 5.04. The van der Waals surface area contributed by atoms with E-state index in [1.807, 2.05) is 12.2 Å². The van der Waals surface area contributed by atoms with E-state index in [0.29, 0.717) is 23.8 Å². The van der Waals surface area contributed by atoms with Crippen LogP contribution in [0.15, 0.2) is 16.6 Å². The van der Waals surface area contributed by atoms with Gasteiger partial charge >= 0.3 is 0 Å². The average Bonchev–Trinajstić information content (AvgIpc) is 2.36. The minimum Gasteiger partial charge on any atom is -0.496 e. The highest BCUT2D eigenvalue weighted by molar-refractivity contribution is 9.10. The SMILES string of the molecule is COc1cc(OC)c(OC)c(Br)c1/C=C/CN. The van der Waals surface area contributed by atoms with Gasteiger partial charge in [0, 0.05) is 18.2 Å². The largest absolute Gasteiger partial charge is 0.496 e. The van der Waals surface area contributed by atoms with Gasteiger partial charge in [0.25, 0.3) is 0 Å². The Balaban J connectivity index is 3.41. The molecule has 1 rings (SSSR count). The number of methoxy groups -OCH3 is 3. The van der Waals surface area contributed by atoms with E-state index >= 15 is 0 Å². The molecule has 4 nitrogen and oxygen atoms in total. The first kappa shape index (κ1) is 13.9. The van der Waals surface area contributed by atoms with Crippen molar-refractivity contribution in [1.29, 1.82) is 0 Å². The standard InChI is InChI=1S/C12H16BrNO3/c1-15-9-7-10(16-2)12(17-3)11(13)8(9)5-4-6-14/h4-5,7H,6,14H2,1-3H3/b5-4+. The van der Waals surface area contributed by atoms with Crippen LogP contribution in [0.25, 0.3) is 6.08 Å². The van der Waals surface area contributed by atoms with Crippen LogP contribution < -0.4 is 19.9 Å². The molecule has 0 aliphatic carbocycles. The zero-order valence-electron chi connectivity index (χ0n) is 10.1. The minimum absolute atomic E-state index is 0.462. The smallest absolute Gasteiger partial charge is 0.175 e. The van der Waals surface area contributed by atoms with Gasteiger partial charge in [0.15, 0.2) is 11.5 Å². The van der Waals surface area contributed by atoms with Gasteiger partial charge in [-0.15, -0.1) is 0 Å². The van der Waals surface area contributed by atoms with Gasteiger partial charge < -0.3 is 19.9 Å². The monoisotopic (exact) mass is 301 g/mol. The second-order valence-corrected chi connectivity index (χ2v) is 3.97. The summed E-state index contributed by atoms with van der Waals surface area (Å²) in [7, 11) is 4.78. The molecule has 0 heterocycles. The Kier molecular flexibility index (Phi) is 5.31. The van der Waals surface area contributed by atoms with Crippen LogP contribution >= 0.6 is 15.9 Å². The summed E-state index contributed by atoms with van der Waals surface area (Å²) in [6, 6.07) is 1.78. The molecule has 5 heteroatoms. The number of nitrogens with two attached hydrogens (primary N) is 1. The maximum absolute atomic E-state index is 5.45. The van der Waals surface area contributed by atoms with E-state index in [9.17, 15) is 0 Å². The first-order valence-corrected chi connectivity index (χ1v) is 5.83. The van der Waals surface area contributed by atoms with Gasteiger partial charge in [0.1, 0.15) is 5.75 Å². The molecule has 0 amide bonds. The number of ether oxygens (including phenoxy) is 3. The van der Waals surface area contributed by atoms with Gasteiger partial charge in [-0.05, 0) is 15.9 Å². The van der Waals surface area contributed by atoms with E-state index in [1.165, 1.54) is 0 Å². The van der Waals surface area contributed by atoms with Crippen molar-refractivity contribution in [1.82, 2.24) is 0 Å². The van der Waals surface area contributed by atoms with Crippen molar-refractivity contribution in [3.05, 3.63) is 22.2 Å². The third-order valence-corrected chi connectivity index (χ3v) is 3.04. The van der Waals surface area contributed by atoms with Crippen LogP contribution in [0.2, 0.25) is 0 Å². The van der Waals surface area contributed by atoms with Crippen LogP contribution in [0.5, 0.6) is 17.2 Å². The fraction of sp³-hybridized carbons (Fsp3) is 0.333. The molecule has 0 atom stereocenters. The molecule has 0 aliphatic heterocycles. The second-order valence-electron chi connectivity index (χ2n) is 3.18. The summed E-state index contributed by atoms with van der Waals surface area (Å²) >= 11 is 3.48. The van der Waals surface area contributed by atoms with E-state index in [4.69, 9.17) is 19.9 Å². The van der Waals surface area contributed by atoms with Gasteiger partial charge in [-0.3, -0.25) is 0 Å². The number of halogens is 1. The molecule has 0 saturated heterocycles. The Morgan fingerprint density at radius 2 is 1.82 bits per heavy atom. The Hall–Kier alpha value is -1.20. The lowest BCUT2D eigenvalue weighted by molar-refractivity contribution is 0.346. The molecule has 94 valence electrons. The lowest BCUT2D eigenvalue weighted by Gasteiger charge is -2.15. The van der Waals surface area contributed by atoms with Crippen molar-refractivity contribution in [2.24, 2.45) is 5.73 Å². The van der Waals surface area contributed by atoms with Crippen molar-refractivity contribution in [2.75, 3.05) is 27.9 Å². The topological polar surface area (TPSA) is 53.7 Å². The van der Waals surface area contributed by atoms with Crippen LogP contribution in [0.1, 0.15) is 5.56 Å². The van der Waals surface area contributed by atoms with E-state index in [2.05, 4.69) is 15.9 Å². The van der Waals surface area contributed by atoms with Crippen molar-refractivity contribution >= 4 is 22.0 Å². The molecule has 0 saturated carbocycles. The Bertz CT molecular complexity index is 419. The van der Waals surface area contributed by atoms with E-state index in [0.717, 1.165) is 10.0 Å². The van der Waals surface area contributed by atoms with Crippen molar-refractivity contribution in [2.45, 2.75) is 0 Å². The number of rotatable bonds is 5. The van der Waals surface area contributed by atoms with Crippen LogP contribution in [0, 0.1) is 0 Å². The summed E-state index contributed by atoms with van der Waals surface area (Å²) in [4.78, 5) is 0. The molecule has 1 aromatic rings. The van der Waals surface area contributed by atoms with Gasteiger partial charge in [-0.25, -0.2) is 0 Å². The summed E-state index contributed by atoms with van der Waals surface area (Å²) in [6.07, 6.45) is 3.72. The van der Waals surface area contributed by atoms with Crippen LogP contribution in [-0.2, 0) is 0 Å². The highest BCUT2D eigenvalue weighted by Gasteiger charge is 2.16. The molecular weight excluding hydrogens is 286 g/mol. The van der Waals surface area contributed by atoms with Crippen LogP contribution in [-0.4, -0.2) is 27.9 Å².